The van der Waals surface area contributed by atoms with E-state index in [1.807, 2.05) is 19.9 Å². The van der Waals surface area contributed by atoms with Crippen LogP contribution in [0.25, 0.3) is 0 Å². The SMILES string of the molecule is C=C(CCCl)C[C@@H](C=C(C)C)OC(=O)c1ccccc1C(=O)O. The first-order valence-electron chi connectivity index (χ1n) is 7.26. The fraction of sp³-hybridized carbons (Fsp3) is 0.333. The maximum atomic E-state index is 12.3. The van der Waals surface area contributed by atoms with Crippen LogP contribution in [0.2, 0.25) is 0 Å². The molecule has 0 saturated carbocycles. The summed E-state index contributed by atoms with van der Waals surface area (Å²) >= 11 is 5.69. The normalized spacial score (nSPS) is 11.4. The molecule has 0 aromatic heterocycles. The van der Waals surface area contributed by atoms with Gasteiger partial charge in [-0.25, -0.2) is 9.59 Å². The Balaban J connectivity index is 2.95. The number of carboxylic acids is 1. The lowest BCUT2D eigenvalue weighted by Crippen LogP contribution is -2.19. The molecule has 0 spiro atoms. The van der Waals surface area contributed by atoms with Crippen molar-refractivity contribution in [2.45, 2.75) is 32.8 Å². The van der Waals surface area contributed by atoms with Gasteiger partial charge in [0.1, 0.15) is 6.10 Å². The van der Waals surface area contributed by atoms with Gasteiger partial charge in [0.2, 0.25) is 0 Å². The van der Waals surface area contributed by atoms with Crippen molar-refractivity contribution in [1.82, 2.24) is 0 Å². The van der Waals surface area contributed by atoms with Gasteiger partial charge in [0.15, 0.2) is 0 Å². The zero-order chi connectivity index (χ0) is 17.4. The van der Waals surface area contributed by atoms with Crippen molar-refractivity contribution >= 4 is 23.5 Å². The summed E-state index contributed by atoms with van der Waals surface area (Å²) in [6, 6.07) is 5.99. The van der Waals surface area contributed by atoms with Crippen molar-refractivity contribution in [3.8, 4) is 0 Å². The van der Waals surface area contributed by atoms with E-state index in [1.54, 1.807) is 12.1 Å². The number of ether oxygens (including phenoxy) is 1. The van der Waals surface area contributed by atoms with E-state index in [0.717, 1.165) is 11.1 Å². The van der Waals surface area contributed by atoms with E-state index in [2.05, 4.69) is 6.58 Å². The summed E-state index contributed by atoms with van der Waals surface area (Å²) in [6.07, 6.45) is 2.42. The summed E-state index contributed by atoms with van der Waals surface area (Å²) < 4.78 is 5.47. The molecule has 1 rings (SSSR count). The minimum absolute atomic E-state index is 0.0371. The predicted octanol–water partition coefficient (Wildman–Crippen LogP) is 4.45. The van der Waals surface area contributed by atoms with Crippen LogP contribution in [0.5, 0.6) is 0 Å². The van der Waals surface area contributed by atoms with Gasteiger partial charge in [-0.05, 0) is 38.5 Å². The van der Waals surface area contributed by atoms with Crippen molar-refractivity contribution in [3.63, 3.8) is 0 Å². The van der Waals surface area contributed by atoms with Crippen LogP contribution in [0.15, 0.2) is 48.1 Å². The molecule has 1 N–H and O–H groups in total. The molecule has 1 aromatic carbocycles. The molecule has 4 nitrogen and oxygen atoms in total. The fourth-order valence-corrected chi connectivity index (χ4v) is 2.34. The van der Waals surface area contributed by atoms with E-state index in [-0.39, 0.29) is 11.1 Å². The number of carbonyl (C=O) groups excluding carboxylic acids is 1. The zero-order valence-corrected chi connectivity index (χ0v) is 14.1. The minimum atomic E-state index is -1.16. The number of aromatic carboxylic acids is 1. The number of carboxylic acid groups (broad SMARTS) is 1. The van der Waals surface area contributed by atoms with Gasteiger partial charge in [-0.3, -0.25) is 0 Å². The number of hydrogen-bond donors (Lipinski definition) is 1. The molecule has 124 valence electrons. The second-order valence-electron chi connectivity index (χ2n) is 5.43. The Kier molecular flexibility index (Phi) is 7.55. The van der Waals surface area contributed by atoms with E-state index in [1.165, 1.54) is 12.1 Å². The highest BCUT2D eigenvalue weighted by Crippen LogP contribution is 2.18. The maximum Gasteiger partial charge on any atom is 0.339 e. The zero-order valence-electron chi connectivity index (χ0n) is 13.3. The van der Waals surface area contributed by atoms with Gasteiger partial charge in [0.05, 0.1) is 11.1 Å². The Morgan fingerprint density at radius 1 is 1.30 bits per heavy atom. The molecule has 0 aliphatic carbocycles. The van der Waals surface area contributed by atoms with Gasteiger partial charge in [-0.15, -0.1) is 11.6 Å². The highest BCUT2D eigenvalue weighted by Gasteiger charge is 2.20. The van der Waals surface area contributed by atoms with Gasteiger partial charge in [0, 0.05) is 12.3 Å². The Morgan fingerprint density at radius 2 is 1.91 bits per heavy atom. The molecule has 1 aromatic rings. The summed E-state index contributed by atoms with van der Waals surface area (Å²) in [5.74, 6) is -1.37. The molecule has 0 aliphatic heterocycles. The number of benzene rings is 1. The summed E-state index contributed by atoms with van der Waals surface area (Å²) in [4.78, 5) is 23.5. The molecule has 23 heavy (non-hydrogen) atoms. The molecule has 0 radical (unpaired) electrons. The average molecular weight is 337 g/mol. The summed E-state index contributed by atoms with van der Waals surface area (Å²) in [5, 5.41) is 9.16. The first kappa shape index (κ1) is 19.0. The topological polar surface area (TPSA) is 63.6 Å². The van der Waals surface area contributed by atoms with Crippen LogP contribution in [0.3, 0.4) is 0 Å². The van der Waals surface area contributed by atoms with E-state index in [0.29, 0.717) is 18.7 Å². The Hall–Kier alpha value is -2.07. The van der Waals surface area contributed by atoms with E-state index < -0.39 is 18.0 Å². The van der Waals surface area contributed by atoms with Crippen molar-refractivity contribution < 1.29 is 19.4 Å². The first-order chi connectivity index (χ1) is 10.8. The Morgan fingerprint density at radius 3 is 2.43 bits per heavy atom. The molecule has 5 heteroatoms. The van der Waals surface area contributed by atoms with Gasteiger partial charge in [-0.1, -0.05) is 29.9 Å². The molecule has 1 atom stereocenters. The second kappa shape index (κ2) is 9.16. The molecular weight excluding hydrogens is 316 g/mol. The lowest BCUT2D eigenvalue weighted by molar-refractivity contribution is 0.0386. The highest BCUT2D eigenvalue weighted by molar-refractivity contribution is 6.18. The number of hydrogen-bond acceptors (Lipinski definition) is 3. The molecule has 0 unspecified atom stereocenters. The summed E-state index contributed by atoms with van der Waals surface area (Å²) in [6.45, 7) is 7.72. The third kappa shape index (κ3) is 6.28. The van der Waals surface area contributed by atoms with Crippen LogP contribution in [-0.4, -0.2) is 29.0 Å². The first-order valence-corrected chi connectivity index (χ1v) is 7.79. The number of esters is 1. The van der Waals surface area contributed by atoms with Crippen molar-refractivity contribution in [2.24, 2.45) is 0 Å². The number of halogens is 1. The number of carbonyl (C=O) groups is 2. The lowest BCUT2D eigenvalue weighted by Gasteiger charge is -2.17. The summed E-state index contributed by atoms with van der Waals surface area (Å²) in [7, 11) is 0. The standard InChI is InChI=1S/C18H21ClO4/c1-12(2)10-14(11-13(3)8-9-19)23-18(22)16-7-5-4-6-15(16)17(20)21/h4-7,10,14H,3,8-9,11H2,1-2H3,(H,20,21)/t14-/m1/s1. The highest BCUT2D eigenvalue weighted by atomic mass is 35.5. The Bertz CT molecular complexity index is 615. The molecule has 0 saturated heterocycles. The monoisotopic (exact) mass is 336 g/mol. The molecule has 0 amide bonds. The van der Waals surface area contributed by atoms with Gasteiger partial charge < -0.3 is 9.84 Å². The second-order valence-corrected chi connectivity index (χ2v) is 5.81. The van der Waals surface area contributed by atoms with Crippen LogP contribution in [0.1, 0.15) is 47.4 Å². The van der Waals surface area contributed by atoms with E-state index in [4.69, 9.17) is 21.4 Å². The third-order valence-corrected chi connectivity index (χ3v) is 3.28. The van der Waals surface area contributed by atoms with E-state index in [9.17, 15) is 9.59 Å². The molecular formula is C18H21ClO4. The molecule has 0 fully saturated rings. The van der Waals surface area contributed by atoms with Crippen molar-refractivity contribution in [3.05, 3.63) is 59.2 Å². The van der Waals surface area contributed by atoms with Crippen LogP contribution < -0.4 is 0 Å². The number of alkyl halides is 1. The lowest BCUT2D eigenvalue weighted by atomic mass is 10.0. The van der Waals surface area contributed by atoms with Crippen LogP contribution in [-0.2, 0) is 4.74 Å². The fourth-order valence-electron chi connectivity index (χ4n) is 2.08. The number of rotatable bonds is 8. The Labute approximate surface area is 141 Å². The molecule has 0 aliphatic rings. The van der Waals surface area contributed by atoms with Gasteiger partial charge in [-0.2, -0.15) is 0 Å². The van der Waals surface area contributed by atoms with Crippen LogP contribution in [0, 0.1) is 0 Å². The minimum Gasteiger partial charge on any atom is -0.478 e. The number of allylic oxidation sites excluding steroid dienone is 1. The van der Waals surface area contributed by atoms with Crippen LogP contribution >= 0.6 is 11.6 Å². The third-order valence-electron chi connectivity index (χ3n) is 3.09. The smallest absolute Gasteiger partial charge is 0.339 e. The van der Waals surface area contributed by atoms with E-state index >= 15 is 0 Å². The van der Waals surface area contributed by atoms with Gasteiger partial charge >= 0.3 is 11.9 Å². The van der Waals surface area contributed by atoms with Crippen LogP contribution in [0.4, 0.5) is 0 Å². The quantitative estimate of drug-likeness (QED) is 0.432. The molecule has 0 bridgehead atoms. The van der Waals surface area contributed by atoms with Crippen molar-refractivity contribution in [1.29, 1.82) is 0 Å². The van der Waals surface area contributed by atoms with Gasteiger partial charge in [0.25, 0.3) is 0 Å². The largest absolute Gasteiger partial charge is 0.478 e. The maximum absolute atomic E-state index is 12.3. The average Bonchev–Trinajstić information content (AvgIpc) is 2.46. The summed E-state index contributed by atoms with van der Waals surface area (Å²) in [5.41, 5.74) is 1.83. The predicted molar refractivity (Wildman–Crippen MR) is 91.1 cm³/mol. The van der Waals surface area contributed by atoms with Crippen molar-refractivity contribution in [2.75, 3.05) is 5.88 Å². The molecule has 0 heterocycles.